The Hall–Kier alpha value is -1.67. The molecule has 1 rings (SSSR count). The number of ether oxygens (including phenoxy) is 1. The van der Waals surface area contributed by atoms with Crippen molar-refractivity contribution in [1.82, 2.24) is 0 Å². The Kier molecular flexibility index (Phi) is 2.99. The predicted octanol–water partition coefficient (Wildman–Crippen LogP) is 1.55. The van der Waals surface area contributed by atoms with Crippen LogP contribution in [-0.4, -0.2) is 18.2 Å². The van der Waals surface area contributed by atoms with E-state index in [2.05, 4.69) is 12.6 Å². The molecule has 0 aliphatic heterocycles. The van der Waals surface area contributed by atoms with Crippen LogP contribution in [0.2, 0.25) is 0 Å². The first kappa shape index (κ1) is 10.4. The zero-order valence-corrected chi connectivity index (χ0v) is 8.21. The Labute approximate surface area is 86.1 Å². The fraction of sp³-hybridized carbons (Fsp3) is 0.111. The van der Waals surface area contributed by atoms with Gasteiger partial charge < -0.3 is 9.84 Å². The maximum Gasteiger partial charge on any atom is 0.338 e. The molecule has 0 unspecified atom stereocenters. The van der Waals surface area contributed by atoms with Gasteiger partial charge in [-0.1, -0.05) is 0 Å². The van der Waals surface area contributed by atoms with E-state index in [0.29, 0.717) is 0 Å². The van der Waals surface area contributed by atoms with E-state index < -0.39 is 5.97 Å². The van der Waals surface area contributed by atoms with Gasteiger partial charge in [-0.05, 0) is 12.1 Å². The number of hydrogen-bond donors (Lipinski definition) is 2. The molecule has 1 aromatic rings. The van der Waals surface area contributed by atoms with Gasteiger partial charge in [0.15, 0.2) is 0 Å². The molecule has 0 atom stereocenters. The molecule has 0 spiro atoms. The molecular formula is C9H7NO3S. The van der Waals surface area contributed by atoms with Gasteiger partial charge in [-0.25, -0.2) is 4.79 Å². The lowest BCUT2D eigenvalue weighted by molar-refractivity contribution is 0.0692. The minimum Gasteiger partial charge on any atom is -0.495 e. The van der Waals surface area contributed by atoms with Gasteiger partial charge in [-0.15, -0.1) is 12.6 Å². The number of carbonyl (C=O) groups is 1. The SMILES string of the molecule is COc1ccc(S)c(C(=O)O)c1C#N. The van der Waals surface area contributed by atoms with Crippen LogP contribution in [-0.2, 0) is 0 Å². The Morgan fingerprint density at radius 3 is 2.71 bits per heavy atom. The van der Waals surface area contributed by atoms with Gasteiger partial charge >= 0.3 is 5.97 Å². The number of nitriles is 1. The number of aromatic carboxylic acids is 1. The third-order valence-corrected chi connectivity index (χ3v) is 2.06. The molecule has 0 aliphatic carbocycles. The summed E-state index contributed by atoms with van der Waals surface area (Å²) in [6, 6.07) is 4.77. The zero-order valence-electron chi connectivity index (χ0n) is 7.31. The van der Waals surface area contributed by atoms with Crippen molar-refractivity contribution in [1.29, 1.82) is 5.26 Å². The van der Waals surface area contributed by atoms with Gasteiger partial charge in [-0.2, -0.15) is 5.26 Å². The molecule has 0 saturated heterocycles. The number of carboxylic acids is 1. The summed E-state index contributed by atoms with van der Waals surface area (Å²) < 4.78 is 4.86. The predicted molar refractivity (Wildman–Crippen MR) is 51.9 cm³/mol. The maximum absolute atomic E-state index is 10.8. The highest BCUT2D eigenvalue weighted by Gasteiger charge is 2.17. The van der Waals surface area contributed by atoms with Gasteiger partial charge in [0, 0.05) is 4.90 Å². The summed E-state index contributed by atoms with van der Waals surface area (Å²) in [6.07, 6.45) is 0. The van der Waals surface area contributed by atoms with Crippen molar-refractivity contribution in [3.63, 3.8) is 0 Å². The smallest absolute Gasteiger partial charge is 0.338 e. The van der Waals surface area contributed by atoms with Gasteiger partial charge in [0.2, 0.25) is 0 Å². The quantitative estimate of drug-likeness (QED) is 0.725. The molecule has 14 heavy (non-hydrogen) atoms. The second-order valence-electron chi connectivity index (χ2n) is 2.45. The average molecular weight is 209 g/mol. The number of thiol groups is 1. The zero-order chi connectivity index (χ0) is 10.7. The minimum absolute atomic E-state index is 0.00694. The Balaban J connectivity index is 3.53. The van der Waals surface area contributed by atoms with Crippen molar-refractivity contribution in [2.24, 2.45) is 0 Å². The summed E-state index contributed by atoms with van der Waals surface area (Å²) in [5.74, 6) is -0.951. The lowest BCUT2D eigenvalue weighted by Gasteiger charge is -2.06. The first-order valence-corrected chi connectivity index (χ1v) is 4.10. The number of benzene rings is 1. The molecule has 1 aromatic carbocycles. The van der Waals surface area contributed by atoms with Crippen LogP contribution in [0.3, 0.4) is 0 Å². The minimum atomic E-state index is -1.19. The molecule has 4 nitrogen and oxygen atoms in total. The Morgan fingerprint density at radius 2 is 2.29 bits per heavy atom. The van der Waals surface area contributed by atoms with Gasteiger partial charge in [0.1, 0.15) is 17.4 Å². The first-order valence-electron chi connectivity index (χ1n) is 3.65. The summed E-state index contributed by atoms with van der Waals surface area (Å²) in [5, 5.41) is 17.6. The highest BCUT2D eigenvalue weighted by atomic mass is 32.1. The molecule has 0 amide bonds. The van der Waals surface area contributed by atoms with E-state index >= 15 is 0 Å². The molecular weight excluding hydrogens is 202 g/mol. The van der Waals surface area contributed by atoms with Crippen LogP contribution in [0.15, 0.2) is 17.0 Å². The molecule has 0 heterocycles. The highest BCUT2D eigenvalue weighted by Crippen LogP contribution is 2.26. The summed E-state index contributed by atoms with van der Waals surface area (Å²) in [5.41, 5.74) is -0.136. The third kappa shape index (κ3) is 1.65. The van der Waals surface area contributed by atoms with Crippen LogP contribution in [0.1, 0.15) is 15.9 Å². The number of hydrogen-bond acceptors (Lipinski definition) is 4. The van der Waals surface area contributed by atoms with E-state index in [1.54, 1.807) is 6.07 Å². The number of carboxylic acid groups (broad SMARTS) is 1. The van der Waals surface area contributed by atoms with E-state index in [0.717, 1.165) is 0 Å². The number of nitrogens with zero attached hydrogens (tertiary/aromatic N) is 1. The van der Waals surface area contributed by atoms with Crippen LogP contribution < -0.4 is 4.74 Å². The maximum atomic E-state index is 10.8. The Bertz CT molecular complexity index is 423. The third-order valence-electron chi connectivity index (χ3n) is 1.69. The molecule has 5 heteroatoms. The summed E-state index contributed by atoms with van der Waals surface area (Å²) in [4.78, 5) is 11.1. The molecule has 72 valence electrons. The lowest BCUT2D eigenvalue weighted by Crippen LogP contribution is -2.03. The second-order valence-corrected chi connectivity index (χ2v) is 2.94. The van der Waals surface area contributed by atoms with Crippen molar-refractivity contribution in [3.8, 4) is 11.8 Å². The summed E-state index contributed by atoms with van der Waals surface area (Å²) >= 11 is 3.96. The van der Waals surface area contributed by atoms with Crippen LogP contribution in [0, 0.1) is 11.3 Å². The normalized spacial score (nSPS) is 9.21. The van der Waals surface area contributed by atoms with Gasteiger partial charge in [0.05, 0.1) is 12.7 Å². The standard InChI is InChI=1S/C9H7NO3S/c1-13-6-2-3-7(14)8(9(11)12)5(6)4-10/h2-3,14H,1H3,(H,11,12). The van der Waals surface area contributed by atoms with Crippen molar-refractivity contribution in [3.05, 3.63) is 23.3 Å². The van der Waals surface area contributed by atoms with Crippen molar-refractivity contribution in [2.75, 3.05) is 7.11 Å². The fourth-order valence-electron chi connectivity index (χ4n) is 1.07. The van der Waals surface area contributed by atoms with Crippen LogP contribution in [0.4, 0.5) is 0 Å². The van der Waals surface area contributed by atoms with E-state index in [1.807, 2.05) is 0 Å². The van der Waals surface area contributed by atoms with Crippen molar-refractivity contribution >= 4 is 18.6 Å². The van der Waals surface area contributed by atoms with Crippen LogP contribution in [0.5, 0.6) is 5.75 Å². The monoisotopic (exact) mass is 209 g/mol. The molecule has 0 aromatic heterocycles. The summed E-state index contributed by atoms with van der Waals surface area (Å²) in [6.45, 7) is 0. The number of methoxy groups -OCH3 is 1. The topological polar surface area (TPSA) is 70.3 Å². The molecule has 1 N–H and O–H groups in total. The molecule has 0 radical (unpaired) electrons. The average Bonchev–Trinajstić information content (AvgIpc) is 2.16. The largest absolute Gasteiger partial charge is 0.495 e. The molecule has 0 aliphatic rings. The van der Waals surface area contributed by atoms with E-state index in [-0.39, 0.29) is 21.8 Å². The first-order chi connectivity index (χ1) is 6.61. The van der Waals surface area contributed by atoms with E-state index in [4.69, 9.17) is 15.1 Å². The fourth-order valence-corrected chi connectivity index (χ4v) is 1.35. The van der Waals surface area contributed by atoms with Gasteiger partial charge in [0.25, 0.3) is 0 Å². The van der Waals surface area contributed by atoms with Crippen molar-refractivity contribution < 1.29 is 14.6 Å². The van der Waals surface area contributed by atoms with Crippen LogP contribution >= 0.6 is 12.6 Å². The molecule has 0 bridgehead atoms. The molecule has 0 fully saturated rings. The highest BCUT2D eigenvalue weighted by molar-refractivity contribution is 7.80. The van der Waals surface area contributed by atoms with Crippen LogP contribution in [0.25, 0.3) is 0 Å². The van der Waals surface area contributed by atoms with Crippen molar-refractivity contribution in [2.45, 2.75) is 4.90 Å². The van der Waals surface area contributed by atoms with Gasteiger partial charge in [-0.3, -0.25) is 0 Å². The molecule has 0 saturated carbocycles. The van der Waals surface area contributed by atoms with E-state index in [9.17, 15) is 4.79 Å². The second kappa shape index (κ2) is 4.03. The Morgan fingerprint density at radius 1 is 1.64 bits per heavy atom. The van der Waals surface area contributed by atoms with E-state index in [1.165, 1.54) is 19.2 Å². The number of rotatable bonds is 2. The lowest BCUT2D eigenvalue weighted by atomic mass is 10.1. The summed E-state index contributed by atoms with van der Waals surface area (Å²) in [7, 11) is 1.37.